The molecule has 0 radical (unpaired) electrons. The van der Waals surface area contributed by atoms with E-state index in [9.17, 15) is 4.79 Å². The Morgan fingerprint density at radius 1 is 1.11 bits per heavy atom. The fourth-order valence-electron chi connectivity index (χ4n) is 3.13. The topological polar surface area (TPSA) is 81.5 Å². The summed E-state index contributed by atoms with van der Waals surface area (Å²) in [7, 11) is 3.79. The highest BCUT2D eigenvalue weighted by atomic mass is 16.1. The molecular weight excluding hydrogens is 340 g/mol. The highest BCUT2D eigenvalue weighted by Crippen LogP contribution is 2.20. The van der Waals surface area contributed by atoms with Crippen molar-refractivity contribution in [1.82, 2.24) is 19.2 Å². The predicted molar refractivity (Wildman–Crippen MR) is 109 cm³/mol. The van der Waals surface area contributed by atoms with E-state index < -0.39 is 0 Å². The first-order chi connectivity index (χ1) is 13.1. The van der Waals surface area contributed by atoms with E-state index in [1.165, 1.54) is 0 Å². The summed E-state index contributed by atoms with van der Waals surface area (Å²) in [6.45, 7) is 0.382. The molecule has 0 unspecified atom stereocenters. The van der Waals surface area contributed by atoms with Crippen LogP contribution in [0.15, 0.2) is 59.4 Å². The lowest BCUT2D eigenvalue weighted by atomic mass is 10.2. The third-order valence-electron chi connectivity index (χ3n) is 4.41. The van der Waals surface area contributed by atoms with E-state index in [-0.39, 0.29) is 5.56 Å². The summed E-state index contributed by atoms with van der Waals surface area (Å²) in [5, 5.41) is 9.07. The van der Waals surface area contributed by atoms with E-state index >= 15 is 0 Å². The Morgan fingerprint density at radius 3 is 2.63 bits per heavy atom. The van der Waals surface area contributed by atoms with Crippen molar-refractivity contribution in [3.05, 3.63) is 70.5 Å². The van der Waals surface area contributed by atoms with Crippen LogP contribution in [-0.4, -0.2) is 33.3 Å². The van der Waals surface area contributed by atoms with Crippen molar-refractivity contribution in [2.45, 2.75) is 6.54 Å². The lowest BCUT2D eigenvalue weighted by molar-refractivity contribution is 0.787. The molecule has 2 heterocycles. The maximum Gasteiger partial charge on any atom is 0.263 e. The largest absolute Gasteiger partial charge is 0.399 e. The fourth-order valence-corrected chi connectivity index (χ4v) is 3.13. The number of fused-ring (bicyclic) bond motifs is 3. The zero-order chi connectivity index (χ0) is 19.0. The van der Waals surface area contributed by atoms with Crippen LogP contribution < -0.4 is 16.2 Å². The quantitative estimate of drug-likeness (QED) is 0.565. The summed E-state index contributed by atoms with van der Waals surface area (Å²) in [6, 6.07) is 15.3. The van der Waals surface area contributed by atoms with Crippen LogP contribution in [0.25, 0.3) is 22.8 Å². The monoisotopic (exact) mass is 360 g/mol. The summed E-state index contributed by atoms with van der Waals surface area (Å²) in [4.78, 5) is 15.0. The number of nitrogen functional groups attached to an aromatic ring is 1. The van der Waals surface area contributed by atoms with E-state index in [0.717, 1.165) is 11.1 Å². The number of nitrogens with zero attached hydrogens (tertiary/aromatic N) is 5. The number of rotatable bonds is 4. The molecular formula is C20H20N6O. The molecule has 7 heteroatoms. The molecule has 0 saturated heterocycles. The van der Waals surface area contributed by atoms with Gasteiger partial charge in [-0.25, -0.2) is 4.40 Å². The second-order valence-electron chi connectivity index (χ2n) is 6.54. The van der Waals surface area contributed by atoms with Crippen molar-refractivity contribution in [2.75, 3.05) is 24.7 Å². The average Bonchev–Trinajstić information content (AvgIpc) is 3.10. The van der Waals surface area contributed by atoms with E-state index in [4.69, 9.17) is 5.73 Å². The van der Waals surface area contributed by atoms with Gasteiger partial charge in [0.25, 0.3) is 5.56 Å². The maximum atomic E-state index is 13.1. The first-order valence-corrected chi connectivity index (χ1v) is 8.62. The number of nitrogens with two attached hydrogens (primary N) is 1. The molecule has 0 amide bonds. The van der Waals surface area contributed by atoms with Crippen molar-refractivity contribution >= 4 is 34.4 Å². The van der Waals surface area contributed by atoms with E-state index in [1.807, 2.05) is 71.9 Å². The first-order valence-electron chi connectivity index (χ1n) is 8.62. The Hall–Kier alpha value is -3.61. The van der Waals surface area contributed by atoms with Crippen molar-refractivity contribution < 1.29 is 0 Å². The van der Waals surface area contributed by atoms with Gasteiger partial charge in [0.1, 0.15) is 0 Å². The molecule has 136 valence electrons. The molecule has 0 aliphatic rings. The van der Waals surface area contributed by atoms with Crippen molar-refractivity contribution in [1.29, 1.82) is 0 Å². The third kappa shape index (κ3) is 2.93. The van der Waals surface area contributed by atoms with Gasteiger partial charge >= 0.3 is 0 Å². The lowest BCUT2D eigenvalue weighted by Gasteiger charge is -2.13. The van der Waals surface area contributed by atoms with Gasteiger partial charge in [-0.3, -0.25) is 9.36 Å². The molecule has 0 spiro atoms. The summed E-state index contributed by atoms with van der Waals surface area (Å²) < 4.78 is 3.49. The third-order valence-corrected chi connectivity index (χ3v) is 4.41. The highest BCUT2D eigenvalue weighted by molar-refractivity contribution is 5.84. The number of anilines is 2. The molecule has 0 aliphatic carbocycles. The molecule has 0 aliphatic heterocycles. The normalized spacial score (nSPS) is 11.6. The standard InChI is InChI=1S/C20H20N6O/c1-24(2)19-22-23-20-25(12-6-9-14-7-4-3-5-8-14)18(27)16-13-15(21)10-11-17(16)26(19)20/h3-11,13H,12,21H2,1-2H3. The second kappa shape index (κ2) is 6.60. The minimum absolute atomic E-state index is 0.139. The van der Waals surface area contributed by atoms with Crippen molar-refractivity contribution in [3.63, 3.8) is 0 Å². The van der Waals surface area contributed by atoms with Crippen LogP contribution in [0, 0.1) is 0 Å². The predicted octanol–water partition coefficient (Wildman–Crippen LogP) is 2.41. The van der Waals surface area contributed by atoms with Crippen LogP contribution in [0.2, 0.25) is 0 Å². The zero-order valence-electron chi connectivity index (χ0n) is 15.2. The van der Waals surface area contributed by atoms with E-state index in [2.05, 4.69) is 10.2 Å². The van der Waals surface area contributed by atoms with Crippen LogP contribution in [-0.2, 0) is 6.54 Å². The minimum atomic E-state index is -0.139. The van der Waals surface area contributed by atoms with Crippen molar-refractivity contribution in [2.24, 2.45) is 0 Å². The zero-order valence-corrected chi connectivity index (χ0v) is 15.2. The molecule has 0 atom stereocenters. The summed E-state index contributed by atoms with van der Waals surface area (Å²) >= 11 is 0. The van der Waals surface area contributed by atoms with Crippen LogP contribution in [0.5, 0.6) is 0 Å². The molecule has 2 aromatic heterocycles. The van der Waals surface area contributed by atoms with Crippen LogP contribution in [0.1, 0.15) is 5.56 Å². The molecule has 7 nitrogen and oxygen atoms in total. The molecule has 2 aromatic carbocycles. The Kier molecular flexibility index (Phi) is 4.12. The average molecular weight is 360 g/mol. The molecule has 4 aromatic rings. The van der Waals surface area contributed by atoms with Gasteiger partial charge in [0.05, 0.1) is 10.9 Å². The van der Waals surface area contributed by atoms with Gasteiger partial charge in [-0.1, -0.05) is 42.5 Å². The van der Waals surface area contributed by atoms with Crippen LogP contribution >= 0.6 is 0 Å². The van der Waals surface area contributed by atoms with Gasteiger partial charge < -0.3 is 10.6 Å². The van der Waals surface area contributed by atoms with E-state index in [1.54, 1.807) is 16.7 Å². The molecule has 2 N–H and O–H groups in total. The van der Waals surface area contributed by atoms with Crippen LogP contribution in [0.3, 0.4) is 0 Å². The van der Waals surface area contributed by atoms with Gasteiger partial charge in [-0.15, -0.1) is 10.2 Å². The smallest absolute Gasteiger partial charge is 0.263 e. The number of hydrogen-bond donors (Lipinski definition) is 1. The van der Waals surface area contributed by atoms with Gasteiger partial charge in [0.15, 0.2) is 0 Å². The lowest BCUT2D eigenvalue weighted by Crippen LogP contribution is -2.24. The Balaban J connectivity index is 1.92. The molecule has 0 saturated carbocycles. The first kappa shape index (κ1) is 16.8. The summed E-state index contributed by atoms with van der Waals surface area (Å²) in [6.07, 6.45) is 3.93. The molecule has 4 rings (SSSR count). The number of hydrogen-bond acceptors (Lipinski definition) is 5. The minimum Gasteiger partial charge on any atom is -0.399 e. The van der Waals surface area contributed by atoms with Gasteiger partial charge in [0.2, 0.25) is 11.7 Å². The summed E-state index contributed by atoms with van der Waals surface area (Å²) in [5.74, 6) is 1.15. The van der Waals surface area contributed by atoms with E-state index in [0.29, 0.717) is 29.3 Å². The fraction of sp³-hybridized carbons (Fsp3) is 0.150. The van der Waals surface area contributed by atoms with Crippen LogP contribution in [0.4, 0.5) is 11.6 Å². The summed E-state index contributed by atoms with van der Waals surface area (Å²) in [5.41, 5.74) is 8.14. The Morgan fingerprint density at radius 2 is 1.89 bits per heavy atom. The number of allylic oxidation sites excluding steroid dienone is 1. The van der Waals surface area contributed by atoms with Gasteiger partial charge in [-0.2, -0.15) is 0 Å². The Bertz CT molecular complexity index is 1200. The number of aromatic nitrogens is 4. The molecule has 0 bridgehead atoms. The SMILES string of the molecule is CN(C)c1nnc2n(CC=Cc3ccccc3)c(=O)c3cc(N)ccc3n12. The highest BCUT2D eigenvalue weighted by Gasteiger charge is 2.17. The number of benzene rings is 2. The van der Waals surface area contributed by atoms with Crippen molar-refractivity contribution in [3.8, 4) is 0 Å². The second-order valence-corrected chi connectivity index (χ2v) is 6.54. The molecule has 27 heavy (non-hydrogen) atoms. The molecule has 0 fully saturated rings. The maximum absolute atomic E-state index is 13.1. The Labute approximate surface area is 156 Å². The van der Waals surface area contributed by atoms with Gasteiger partial charge in [-0.05, 0) is 23.8 Å². The van der Waals surface area contributed by atoms with Gasteiger partial charge in [0, 0.05) is 26.3 Å².